The Balaban J connectivity index is 2.73. The smallest absolute Gasteiger partial charge is 0.224 e. The highest BCUT2D eigenvalue weighted by Crippen LogP contribution is 2.12. The minimum atomic E-state index is -0.225. The molecule has 1 aliphatic rings. The van der Waals surface area contributed by atoms with Gasteiger partial charge >= 0.3 is 0 Å². The van der Waals surface area contributed by atoms with Crippen molar-refractivity contribution in [2.45, 2.75) is 13.8 Å². The van der Waals surface area contributed by atoms with E-state index >= 15 is 0 Å². The van der Waals surface area contributed by atoms with Crippen LogP contribution in [0, 0.1) is 11.8 Å². The number of hydrogen-bond donors (Lipinski definition) is 2. The number of carbonyl (C=O) groups is 2. The van der Waals surface area contributed by atoms with Crippen LogP contribution in [0.25, 0.3) is 0 Å². The molecule has 0 radical (unpaired) electrons. The number of amides is 2. The number of rotatable bonds is 0. The van der Waals surface area contributed by atoms with E-state index in [1.165, 1.54) is 0 Å². The summed E-state index contributed by atoms with van der Waals surface area (Å²) in [5, 5.41) is 5.17. The first kappa shape index (κ1) is 8.04. The van der Waals surface area contributed by atoms with Crippen LogP contribution in [-0.2, 0) is 9.59 Å². The number of nitrogens with one attached hydrogen (secondary N) is 2. The van der Waals surface area contributed by atoms with Gasteiger partial charge in [0.05, 0.1) is 6.67 Å². The molecule has 62 valence electrons. The van der Waals surface area contributed by atoms with E-state index in [0.29, 0.717) is 0 Å². The van der Waals surface area contributed by atoms with Gasteiger partial charge in [0.2, 0.25) is 11.8 Å². The number of hydrogen-bond acceptors (Lipinski definition) is 2. The van der Waals surface area contributed by atoms with E-state index in [4.69, 9.17) is 0 Å². The summed E-state index contributed by atoms with van der Waals surface area (Å²) in [7, 11) is 0. The molecule has 0 aromatic rings. The van der Waals surface area contributed by atoms with Crippen LogP contribution in [0.3, 0.4) is 0 Å². The zero-order valence-corrected chi connectivity index (χ0v) is 6.68. The highest BCUT2D eigenvalue weighted by atomic mass is 16.2. The maximum Gasteiger partial charge on any atom is 0.224 e. The summed E-state index contributed by atoms with van der Waals surface area (Å²) in [6, 6.07) is 0. The third-order valence-corrected chi connectivity index (χ3v) is 2.10. The van der Waals surface area contributed by atoms with Crippen LogP contribution in [0.4, 0.5) is 0 Å². The van der Waals surface area contributed by atoms with Crippen molar-refractivity contribution in [1.29, 1.82) is 0 Å². The third-order valence-electron chi connectivity index (χ3n) is 2.10. The molecule has 0 aromatic heterocycles. The topological polar surface area (TPSA) is 58.2 Å². The SMILES string of the molecule is CC1C(=O)NCNC(=O)C1C. The van der Waals surface area contributed by atoms with E-state index in [1.54, 1.807) is 13.8 Å². The lowest BCUT2D eigenvalue weighted by Crippen LogP contribution is -2.33. The van der Waals surface area contributed by atoms with Crippen LogP contribution in [0.5, 0.6) is 0 Å². The van der Waals surface area contributed by atoms with Gasteiger partial charge in [-0.15, -0.1) is 0 Å². The molecule has 11 heavy (non-hydrogen) atoms. The Kier molecular flexibility index (Phi) is 2.12. The van der Waals surface area contributed by atoms with Crippen LogP contribution in [0.15, 0.2) is 0 Å². The van der Waals surface area contributed by atoms with E-state index in [0.717, 1.165) is 0 Å². The molecule has 1 rings (SSSR count). The average molecular weight is 156 g/mol. The molecule has 4 heteroatoms. The zero-order valence-electron chi connectivity index (χ0n) is 6.68. The molecule has 1 aliphatic heterocycles. The van der Waals surface area contributed by atoms with E-state index in [2.05, 4.69) is 10.6 Å². The van der Waals surface area contributed by atoms with Gasteiger partial charge < -0.3 is 10.6 Å². The van der Waals surface area contributed by atoms with E-state index in [9.17, 15) is 9.59 Å². The molecule has 4 nitrogen and oxygen atoms in total. The molecule has 1 saturated heterocycles. The van der Waals surface area contributed by atoms with Crippen molar-refractivity contribution < 1.29 is 9.59 Å². The van der Waals surface area contributed by atoms with Gasteiger partial charge in [0.15, 0.2) is 0 Å². The fraction of sp³-hybridized carbons (Fsp3) is 0.714. The second-order valence-corrected chi connectivity index (χ2v) is 2.84. The first-order valence-electron chi connectivity index (χ1n) is 3.68. The van der Waals surface area contributed by atoms with Crippen molar-refractivity contribution in [3.05, 3.63) is 0 Å². The Bertz CT molecular complexity index is 171. The molecule has 2 N–H and O–H groups in total. The maximum atomic E-state index is 11.1. The lowest BCUT2D eigenvalue weighted by molar-refractivity contribution is -0.130. The third kappa shape index (κ3) is 1.50. The minimum Gasteiger partial charge on any atom is -0.338 e. The summed E-state index contributed by atoms with van der Waals surface area (Å²) in [4.78, 5) is 22.1. The van der Waals surface area contributed by atoms with Gasteiger partial charge in [0, 0.05) is 11.8 Å². The molecule has 0 saturated carbocycles. The Morgan fingerprint density at radius 3 is 1.82 bits per heavy atom. The lowest BCUT2D eigenvalue weighted by Gasteiger charge is -2.11. The molecule has 0 bridgehead atoms. The standard InChI is InChI=1S/C7H12N2O2/c1-4-5(2)7(11)9-3-8-6(4)10/h4-5H,3H2,1-2H3,(H,8,10)(H,9,11). The van der Waals surface area contributed by atoms with Gasteiger partial charge in [-0.05, 0) is 0 Å². The summed E-state index contributed by atoms with van der Waals surface area (Å²) in [6.07, 6.45) is 0. The summed E-state index contributed by atoms with van der Waals surface area (Å²) in [6.45, 7) is 3.77. The Morgan fingerprint density at radius 1 is 1.09 bits per heavy atom. The Labute approximate surface area is 65.3 Å². The van der Waals surface area contributed by atoms with Crippen molar-refractivity contribution in [2.75, 3.05) is 6.67 Å². The van der Waals surface area contributed by atoms with E-state index in [-0.39, 0.29) is 30.3 Å². The van der Waals surface area contributed by atoms with Gasteiger partial charge in [0.25, 0.3) is 0 Å². The molecule has 0 aliphatic carbocycles. The monoisotopic (exact) mass is 156 g/mol. The van der Waals surface area contributed by atoms with Gasteiger partial charge in [-0.3, -0.25) is 9.59 Å². The molecular weight excluding hydrogens is 144 g/mol. The molecule has 2 unspecified atom stereocenters. The van der Waals surface area contributed by atoms with Crippen molar-refractivity contribution in [2.24, 2.45) is 11.8 Å². The van der Waals surface area contributed by atoms with Crippen molar-refractivity contribution >= 4 is 11.8 Å². The molecule has 2 atom stereocenters. The Hall–Kier alpha value is -1.06. The predicted molar refractivity (Wildman–Crippen MR) is 39.5 cm³/mol. The summed E-state index contributed by atoms with van der Waals surface area (Å²) in [5.41, 5.74) is 0. The molecule has 0 spiro atoms. The van der Waals surface area contributed by atoms with Crippen molar-refractivity contribution in [3.63, 3.8) is 0 Å². The van der Waals surface area contributed by atoms with Crippen LogP contribution in [0.1, 0.15) is 13.8 Å². The maximum absolute atomic E-state index is 11.1. The fourth-order valence-electron chi connectivity index (χ4n) is 0.995. The fourth-order valence-corrected chi connectivity index (χ4v) is 0.995. The van der Waals surface area contributed by atoms with Gasteiger partial charge in [-0.2, -0.15) is 0 Å². The lowest BCUT2D eigenvalue weighted by atomic mass is 9.95. The predicted octanol–water partition coefficient (Wildman–Crippen LogP) is -0.538. The van der Waals surface area contributed by atoms with Crippen LogP contribution in [0.2, 0.25) is 0 Å². The molecule has 2 amide bonds. The van der Waals surface area contributed by atoms with Gasteiger partial charge in [-0.1, -0.05) is 13.8 Å². The largest absolute Gasteiger partial charge is 0.338 e. The Morgan fingerprint density at radius 2 is 1.45 bits per heavy atom. The normalized spacial score (nSPS) is 32.2. The number of carbonyl (C=O) groups excluding carboxylic acids is 2. The van der Waals surface area contributed by atoms with E-state index in [1.807, 2.05) is 0 Å². The first-order valence-corrected chi connectivity index (χ1v) is 3.68. The van der Waals surface area contributed by atoms with Crippen LogP contribution >= 0.6 is 0 Å². The highest BCUT2D eigenvalue weighted by Gasteiger charge is 2.28. The zero-order chi connectivity index (χ0) is 8.43. The molecule has 1 heterocycles. The highest BCUT2D eigenvalue weighted by molar-refractivity contribution is 5.89. The van der Waals surface area contributed by atoms with Crippen LogP contribution < -0.4 is 10.6 Å². The molecular formula is C7H12N2O2. The second-order valence-electron chi connectivity index (χ2n) is 2.84. The average Bonchev–Trinajstić information content (AvgIpc) is 2.07. The van der Waals surface area contributed by atoms with Gasteiger partial charge in [0.1, 0.15) is 0 Å². The van der Waals surface area contributed by atoms with Crippen molar-refractivity contribution in [1.82, 2.24) is 10.6 Å². The molecule has 1 fully saturated rings. The summed E-state index contributed by atoms with van der Waals surface area (Å²) >= 11 is 0. The summed E-state index contributed by atoms with van der Waals surface area (Å²) < 4.78 is 0. The molecule has 0 aromatic carbocycles. The summed E-state index contributed by atoms with van der Waals surface area (Å²) in [5.74, 6) is -0.568. The van der Waals surface area contributed by atoms with Crippen LogP contribution in [-0.4, -0.2) is 18.5 Å². The quantitative estimate of drug-likeness (QED) is 0.495. The van der Waals surface area contributed by atoms with Crippen molar-refractivity contribution in [3.8, 4) is 0 Å². The minimum absolute atomic E-state index is 0.0594. The first-order chi connectivity index (χ1) is 5.13. The second kappa shape index (κ2) is 2.90. The van der Waals surface area contributed by atoms with Gasteiger partial charge in [-0.25, -0.2) is 0 Å². The van der Waals surface area contributed by atoms with E-state index < -0.39 is 0 Å².